The first kappa shape index (κ1) is 8.17. The van der Waals surface area contributed by atoms with Crippen LogP contribution in [-0.2, 0) is 4.79 Å². The topological polar surface area (TPSA) is 63.3 Å². The molecule has 0 rings (SSSR count). The number of nitrogens with two attached hydrogens (primary N) is 1. The number of rotatable bonds is 2. The number of carboxylic acid groups (broad SMARTS) is 1. The lowest BCUT2D eigenvalue weighted by Crippen LogP contribution is -2.16. The lowest BCUT2D eigenvalue weighted by atomic mass is 10.1. The third-order valence-electron chi connectivity index (χ3n) is 1.07. The van der Waals surface area contributed by atoms with E-state index in [0.29, 0.717) is 5.57 Å². The van der Waals surface area contributed by atoms with Crippen LogP contribution in [0, 0.1) is 0 Å². The first-order valence-corrected chi connectivity index (χ1v) is 2.70. The van der Waals surface area contributed by atoms with Crippen LogP contribution in [0.5, 0.6) is 0 Å². The van der Waals surface area contributed by atoms with E-state index in [9.17, 15) is 4.79 Å². The van der Waals surface area contributed by atoms with Crippen LogP contribution < -0.4 is 5.73 Å². The van der Waals surface area contributed by atoms with Gasteiger partial charge in [-0.05, 0) is 19.4 Å². The van der Waals surface area contributed by atoms with Crippen LogP contribution in [0.1, 0.15) is 13.8 Å². The molecule has 0 aliphatic carbocycles. The summed E-state index contributed by atoms with van der Waals surface area (Å²) in [5.41, 5.74) is 6.04. The molecule has 0 fully saturated rings. The summed E-state index contributed by atoms with van der Waals surface area (Å²) in [6.45, 7) is 3.44. The molecule has 0 aliphatic heterocycles. The molecule has 0 aromatic heterocycles. The highest BCUT2D eigenvalue weighted by molar-refractivity contribution is 5.80. The molecule has 0 amide bonds. The van der Waals surface area contributed by atoms with Gasteiger partial charge in [0.05, 0.1) is 0 Å². The molecule has 0 radical (unpaired) electrons. The van der Waals surface area contributed by atoms with E-state index in [1.54, 1.807) is 13.8 Å². The highest BCUT2D eigenvalue weighted by Crippen LogP contribution is 1.95. The molecule has 0 aliphatic rings. The SMILES string of the molecule is C/C(=C/C(=O)O)C(C)N. The van der Waals surface area contributed by atoms with Gasteiger partial charge in [-0.25, -0.2) is 4.79 Å². The Morgan fingerprint density at radius 1 is 1.78 bits per heavy atom. The van der Waals surface area contributed by atoms with Gasteiger partial charge in [0.1, 0.15) is 0 Å². The van der Waals surface area contributed by atoms with Gasteiger partial charge < -0.3 is 10.8 Å². The Morgan fingerprint density at radius 2 is 2.22 bits per heavy atom. The molecule has 1 unspecified atom stereocenters. The molecule has 1 atom stereocenters. The maximum Gasteiger partial charge on any atom is 0.328 e. The van der Waals surface area contributed by atoms with E-state index in [2.05, 4.69) is 0 Å². The zero-order valence-corrected chi connectivity index (χ0v) is 5.59. The molecule has 52 valence electrons. The zero-order chi connectivity index (χ0) is 7.44. The van der Waals surface area contributed by atoms with E-state index in [4.69, 9.17) is 10.8 Å². The van der Waals surface area contributed by atoms with Crippen LogP contribution in [0.3, 0.4) is 0 Å². The van der Waals surface area contributed by atoms with E-state index in [-0.39, 0.29) is 6.04 Å². The average Bonchev–Trinajstić information content (AvgIpc) is 1.63. The van der Waals surface area contributed by atoms with Crippen molar-refractivity contribution in [3.63, 3.8) is 0 Å². The maximum absolute atomic E-state index is 9.98. The molecule has 3 N–H and O–H groups in total. The van der Waals surface area contributed by atoms with E-state index in [0.717, 1.165) is 6.08 Å². The van der Waals surface area contributed by atoms with Crippen molar-refractivity contribution in [1.29, 1.82) is 0 Å². The van der Waals surface area contributed by atoms with Crippen molar-refractivity contribution in [2.24, 2.45) is 5.73 Å². The standard InChI is InChI=1S/C6H11NO2/c1-4(5(2)7)3-6(8)9/h3,5H,7H2,1-2H3,(H,8,9)/b4-3-. The molecule has 0 aromatic rings. The number of aliphatic carboxylic acids is 1. The first-order valence-electron chi connectivity index (χ1n) is 2.70. The van der Waals surface area contributed by atoms with E-state index in [1.807, 2.05) is 0 Å². The monoisotopic (exact) mass is 129 g/mol. The quantitative estimate of drug-likeness (QED) is 0.529. The fraction of sp³-hybridized carbons (Fsp3) is 0.500. The molecule has 0 spiro atoms. The number of carbonyl (C=O) groups is 1. The molecule has 3 heteroatoms. The van der Waals surface area contributed by atoms with Crippen molar-refractivity contribution >= 4 is 5.97 Å². The van der Waals surface area contributed by atoms with Gasteiger partial charge >= 0.3 is 5.97 Å². The number of hydrogen-bond donors (Lipinski definition) is 2. The summed E-state index contributed by atoms with van der Waals surface area (Å²) in [6.07, 6.45) is 1.12. The van der Waals surface area contributed by atoms with Crippen molar-refractivity contribution in [2.75, 3.05) is 0 Å². The van der Waals surface area contributed by atoms with Gasteiger partial charge in [-0.1, -0.05) is 0 Å². The van der Waals surface area contributed by atoms with Crippen molar-refractivity contribution in [3.8, 4) is 0 Å². The van der Waals surface area contributed by atoms with E-state index in [1.165, 1.54) is 0 Å². The Morgan fingerprint density at radius 3 is 2.33 bits per heavy atom. The summed E-state index contributed by atoms with van der Waals surface area (Å²) >= 11 is 0. The molecular formula is C6H11NO2. The smallest absolute Gasteiger partial charge is 0.328 e. The minimum atomic E-state index is -0.940. The van der Waals surface area contributed by atoms with Gasteiger partial charge in [-0.2, -0.15) is 0 Å². The second kappa shape index (κ2) is 3.25. The predicted octanol–water partition coefficient (Wildman–Crippen LogP) is 0.365. The third kappa shape index (κ3) is 3.73. The fourth-order valence-electron chi connectivity index (χ4n) is 0.326. The molecule has 0 aromatic carbocycles. The molecule has 0 heterocycles. The Balaban J connectivity index is 4.00. The van der Waals surface area contributed by atoms with Crippen LogP contribution in [0.4, 0.5) is 0 Å². The van der Waals surface area contributed by atoms with Crippen LogP contribution in [0.2, 0.25) is 0 Å². The van der Waals surface area contributed by atoms with Gasteiger partial charge in [-0.3, -0.25) is 0 Å². The predicted molar refractivity (Wildman–Crippen MR) is 35.0 cm³/mol. The van der Waals surface area contributed by atoms with Gasteiger partial charge in [-0.15, -0.1) is 0 Å². The molecule has 0 saturated heterocycles. The van der Waals surface area contributed by atoms with Crippen LogP contribution in [0.15, 0.2) is 11.6 Å². The highest BCUT2D eigenvalue weighted by Gasteiger charge is 1.97. The zero-order valence-electron chi connectivity index (χ0n) is 5.59. The molecule has 0 saturated carbocycles. The van der Waals surface area contributed by atoms with Crippen LogP contribution in [0.25, 0.3) is 0 Å². The number of carboxylic acids is 1. The minimum Gasteiger partial charge on any atom is -0.478 e. The van der Waals surface area contributed by atoms with Crippen molar-refractivity contribution in [3.05, 3.63) is 11.6 Å². The number of hydrogen-bond acceptors (Lipinski definition) is 2. The third-order valence-corrected chi connectivity index (χ3v) is 1.07. The van der Waals surface area contributed by atoms with Crippen LogP contribution >= 0.6 is 0 Å². The normalized spacial score (nSPS) is 15.2. The maximum atomic E-state index is 9.98. The second-order valence-electron chi connectivity index (χ2n) is 2.02. The van der Waals surface area contributed by atoms with Crippen molar-refractivity contribution < 1.29 is 9.90 Å². The van der Waals surface area contributed by atoms with Gasteiger partial charge in [0, 0.05) is 12.1 Å². The largest absolute Gasteiger partial charge is 0.478 e. The summed E-state index contributed by atoms with van der Waals surface area (Å²) < 4.78 is 0. The van der Waals surface area contributed by atoms with Crippen molar-refractivity contribution in [1.82, 2.24) is 0 Å². The Labute approximate surface area is 54.2 Å². The Kier molecular flexibility index (Phi) is 2.95. The summed E-state index contributed by atoms with van der Waals surface area (Å²) in [5, 5.41) is 8.20. The fourth-order valence-corrected chi connectivity index (χ4v) is 0.326. The van der Waals surface area contributed by atoms with Crippen LogP contribution in [-0.4, -0.2) is 17.1 Å². The first-order chi connectivity index (χ1) is 4.04. The van der Waals surface area contributed by atoms with Gasteiger partial charge in [0.25, 0.3) is 0 Å². The average molecular weight is 129 g/mol. The highest BCUT2D eigenvalue weighted by atomic mass is 16.4. The molecular weight excluding hydrogens is 118 g/mol. The van der Waals surface area contributed by atoms with Gasteiger partial charge in [0.15, 0.2) is 0 Å². The van der Waals surface area contributed by atoms with E-state index < -0.39 is 5.97 Å². The summed E-state index contributed by atoms with van der Waals surface area (Å²) in [4.78, 5) is 9.98. The molecule has 0 bridgehead atoms. The summed E-state index contributed by atoms with van der Waals surface area (Å²) in [5.74, 6) is -0.940. The molecule has 3 nitrogen and oxygen atoms in total. The lowest BCUT2D eigenvalue weighted by molar-refractivity contribution is -0.131. The molecule has 9 heavy (non-hydrogen) atoms. The summed E-state index contributed by atoms with van der Waals surface area (Å²) in [6, 6.07) is -0.166. The minimum absolute atomic E-state index is 0.166. The lowest BCUT2D eigenvalue weighted by Gasteiger charge is -2.01. The van der Waals surface area contributed by atoms with Gasteiger partial charge in [0.2, 0.25) is 0 Å². The Bertz CT molecular complexity index is 138. The van der Waals surface area contributed by atoms with E-state index >= 15 is 0 Å². The summed E-state index contributed by atoms with van der Waals surface area (Å²) in [7, 11) is 0. The van der Waals surface area contributed by atoms with Crippen molar-refractivity contribution in [2.45, 2.75) is 19.9 Å². The second-order valence-corrected chi connectivity index (χ2v) is 2.02. The Hall–Kier alpha value is -0.830.